The molecule has 0 bridgehead atoms. The molecule has 0 heterocycles. The summed E-state index contributed by atoms with van der Waals surface area (Å²) in [5.41, 5.74) is 2.63. The number of benzene rings is 1. The highest BCUT2D eigenvalue weighted by Crippen LogP contribution is 2.08. The second kappa shape index (κ2) is 12.7. The predicted molar refractivity (Wildman–Crippen MR) is 118 cm³/mol. The van der Waals surface area contributed by atoms with E-state index in [4.69, 9.17) is 0 Å². The molecule has 5 heteroatoms. The van der Waals surface area contributed by atoms with Crippen LogP contribution in [-0.4, -0.2) is 61.6 Å². The molecule has 0 atom stereocenters. The Bertz CT molecular complexity index is 545. The number of nitrogens with one attached hydrogen (secondary N) is 2. The molecule has 0 aromatic heterocycles. The van der Waals surface area contributed by atoms with E-state index >= 15 is 0 Å². The number of guanidine groups is 1. The van der Waals surface area contributed by atoms with Gasteiger partial charge >= 0.3 is 0 Å². The Kier molecular flexibility index (Phi) is 11.1. The Hall–Kier alpha value is -1.59. The number of hydrogen-bond acceptors (Lipinski definition) is 3. The third kappa shape index (κ3) is 9.25. The van der Waals surface area contributed by atoms with Crippen LogP contribution in [0.15, 0.2) is 29.3 Å². The normalized spacial score (nSPS) is 12.5. The molecule has 1 rings (SSSR count). The minimum Gasteiger partial charge on any atom is -0.356 e. The highest BCUT2D eigenvalue weighted by atomic mass is 15.2. The Labute approximate surface area is 167 Å². The number of hydrogen-bond donors (Lipinski definition) is 2. The summed E-state index contributed by atoms with van der Waals surface area (Å²) in [7, 11) is 3.98. The van der Waals surface area contributed by atoms with Gasteiger partial charge in [-0.25, -0.2) is 0 Å². The average molecular weight is 376 g/mol. The van der Waals surface area contributed by atoms with Crippen LogP contribution in [0, 0.1) is 0 Å². The lowest BCUT2D eigenvalue weighted by molar-refractivity contribution is 0.173. The zero-order chi connectivity index (χ0) is 20.2. The van der Waals surface area contributed by atoms with E-state index in [0.717, 1.165) is 45.1 Å². The first kappa shape index (κ1) is 23.4. The van der Waals surface area contributed by atoms with Crippen molar-refractivity contribution in [1.29, 1.82) is 0 Å². The maximum absolute atomic E-state index is 4.35. The minimum atomic E-state index is 0.585. The summed E-state index contributed by atoms with van der Waals surface area (Å²) >= 11 is 0. The van der Waals surface area contributed by atoms with Crippen LogP contribution in [0.4, 0.5) is 0 Å². The summed E-state index contributed by atoms with van der Waals surface area (Å²) in [4.78, 5) is 9.18. The van der Waals surface area contributed by atoms with Gasteiger partial charge in [0.2, 0.25) is 0 Å². The number of nitrogens with zero attached hydrogens (tertiary/aromatic N) is 3. The topological polar surface area (TPSA) is 42.9 Å². The third-order valence-electron chi connectivity index (χ3n) is 4.88. The Morgan fingerprint density at radius 3 is 2.33 bits per heavy atom. The van der Waals surface area contributed by atoms with Gasteiger partial charge in [-0.3, -0.25) is 9.89 Å². The van der Waals surface area contributed by atoms with Crippen molar-refractivity contribution in [2.75, 3.05) is 33.7 Å². The van der Waals surface area contributed by atoms with E-state index < -0.39 is 0 Å². The van der Waals surface area contributed by atoms with Crippen LogP contribution in [0.2, 0.25) is 0 Å². The van der Waals surface area contributed by atoms with Gasteiger partial charge in [0, 0.05) is 45.3 Å². The van der Waals surface area contributed by atoms with Gasteiger partial charge in [-0.2, -0.15) is 0 Å². The maximum Gasteiger partial charge on any atom is 0.191 e. The molecular weight excluding hydrogens is 334 g/mol. The van der Waals surface area contributed by atoms with Gasteiger partial charge in [-0.15, -0.1) is 0 Å². The summed E-state index contributed by atoms with van der Waals surface area (Å²) < 4.78 is 0. The van der Waals surface area contributed by atoms with Gasteiger partial charge in [-0.1, -0.05) is 31.2 Å². The average Bonchev–Trinajstić information content (AvgIpc) is 2.63. The molecule has 2 N–H and O–H groups in total. The first-order chi connectivity index (χ1) is 12.9. The lowest BCUT2D eigenvalue weighted by Gasteiger charge is -2.30. The molecule has 0 amide bonds. The van der Waals surface area contributed by atoms with Crippen molar-refractivity contribution in [1.82, 2.24) is 20.4 Å². The van der Waals surface area contributed by atoms with Crippen LogP contribution in [0.5, 0.6) is 0 Å². The number of rotatable bonds is 11. The molecule has 0 unspecified atom stereocenters. The molecular formula is C22H41N5. The van der Waals surface area contributed by atoms with Crippen LogP contribution >= 0.6 is 0 Å². The van der Waals surface area contributed by atoms with Crippen LogP contribution in [-0.2, 0) is 13.1 Å². The molecule has 0 saturated heterocycles. The second-order valence-corrected chi connectivity index (χ2v) is 7.78. The fourth-order valence-electron chi connectivity index (χ4n) is 3.25. The van der Waals surface area contributed by atoms with Crippen molar-refractivity contribution in [3.8, 4) is 0 Å². The Morgan fingerprint density at radius 1 is 1.07 bits per heavy atom. The fraction of sp³-hybridized carbons (Fsp3) is 0.682. The third-order valence-corrected chi connectivity index (χ3v) is 4.88. The molecule has 5 nitrogen and oxygen atoms in total. The molecule has 0 radical (unpaired) electrons. The van der Waals surface area contributed by atoms with Gasteiger partial charge in [0.25, 0.3) is 0 Å². The van der Waals surface area contributed by atoms with Gasteiger partial charge in [0.1, 0.15) is 0 Å². The lowest BCUT2D eigenvalue weighted by atomic mass is 10.1. The minimum absolute atomic E-state index is 0.585. The molecule has 0 aliphatic heterocycles. The van der Waals surface area contributed by atoms with Crippen molar-refractivity contribution >= 4 is 5.96 Å². The zero-order valence-electron chi connectivity index (χ0n) is 18.5. The van der Waals surface area contributed by atoms with Crippen molar-refractivity contribution < 1.29 is 0 Å². The zero-order valence-corrected chi connectivity index (χ0v) is 18.5. The van der Waals surface area contributed by atoms with E-state index in [9.17, 15) is 0 Å². The van der Waals surface area contributed by atoms with Crippen LogP contribution in [0.25, 0.3) is 0 Å². The molecule has 1 aromatic carbocycles. The summed E-state index contributed by atoms with van der Waals surface area (Å²) in [5.74, 6) is 0.867. The molecule has 0 aliphatic rings. The Balaban J connectivity index is 2.41. The highest BCUT2D eigenvalue weighted by Gasteiger charge is 2.12. The summed E-state index contributed by atoms with van der Waals surface area (Å²) in [6, 6.07) is 9.94. The molecule has 0 aliphatic carbocycles. The van der Waals surface area contributed by atoms with Crippen molar-refractivity contribution in [3.63, 3.8) is 0 Å². The fourth-order valence-corrected chi connectivity index (χ4v) is 3.25. The van der Waals surface area contributed by atoms with Crippen molar-refractivity contribution in [2.24, 2.45) is 4.99 Å². The largest absolute Gasteiger partial charge is 0.356 e. The highest BCUT2D eigenvalue weighted by molar-refractivity contribution is 5.79. The second-order valence-electron chi connectivity index (χ2n) is 7.78. The summed E-state index contributed by atoms with van der Waals surface area (Å²) in [6.45, 7) is 16.1. The van der Waals surface area contributed by atoms with E-state index in [0.29, 0.717) is 12.1 Å². The van der Waals surface area contributed by atoms with Crippen LogP contribution in [0.3, 0.4) is 0 Å². The Morgan fingerprint density at radius 2 is 1.74 bits per heavy atom. The predicted octanol–water partition coefficient (Wildman–Crippen LogP) is 3.31. The quantitative estimate of drug-likeness (QED) is 0.354. The van der Waals surface area contributed by atoms with Gasteiger partial charge in [0.05, 0.1) is 0 Å². The van der Waals surface area contributed by atoms with Crippen molar-refractivity contribution in [2.45, 2.75) is 66.2 Å². The first-order valence-electron chi connectivity index (χ1n) is 10.3. The van der Waals surface area contributed by atoms with Crippen LogP contribution < -0.4 is 10.6 Å². The van der Waals surface area contributed by atoms with E-state index in [1.54, 1.807) is 0 Å². The SMILES string of the molecule is CCN(C)Cc1cccc(CNC(=NC)NCCCN(C(C)C)C(C)C)c1. The smallest absolute Gasteiger partial charge is 0.191 e. The first-order valence-corrected chi connectivity index (χ1v) is 10.3. The molecule has 154 valence electrons. The molecule has 1 aromatic rings. The van der Waals surface area contributed by atoms with Gasteiger partial charge in [0.15, 0.2) is 5.96 Å². The summed E-state index contributed by atoms with van der Waals surface area (Å²) in [6.07, 6.45) is 1.11. The summed E-state index contributed by atoms with van der Waals surface area (Å²) in [5, 5.41) is 6.86. The van der Waals surface area contributed by atoms with E-state index in [-0.39, 0.29) is 0 Å². The van der Waals surface area contributed by atoms with Crippen LogP contribution in [0.1, 0.15) is 52.2 Å². The van der Waals surface area contributed by atoms with Gasteiger partial charge < -0.3 is 15.5 Å². The van der Waals surface area contributed by atoms with E-state index in [1.165, 1.54) is 11.1 Å². The standard InChI is InChI=1S/C22H41N5/c1-8-26(7)17-21-12-9-11-20(15-21)16-25-22(23-6)24-13-10-14-27(18(2)3)19(4)5/h9,11-12,15,18-19H,8,10,13-14,16-17H2,1-7H3,(H2,23,24,25). The van der Waals surface area contributed by atoms with Crippen molar-refractivity contribution in [3.05, 3.63) is 35.4 Å². The molecule has 0 fully saturated rings. The molecule has 0 saturated carbocycles. The van der Waals surface area contributed by atoms with Gasteiger partial charge in [-0.05, 0) is 58.8 Å². The molecule has 0 spiro atoms. The number of aliphatic imine (C=N–C) groups is 1. The van der Waals surface area contributed by atoms with E-state index in [2.05, 4.69) is 91.4 Å². The van der Waals surface area contributed by atoms with E-state index in [1.807, 2.05) is 7.05 Å². The lowest BCUT2D eigenvalue weighted by Crippen LogP contribution is -2.41. The maximum atomic E-state index is 4.35. The monoisotopic (exact) mass is 375 g/mol. The molecule has 27 heavy (non-hydrogen) atoms.